The van der Waals surface area contributed by atoms with Gasteiger partial charge in [0, 0.05) is 0 Å². The van der Waals surface area contributed by atoms with E-state index in [0.717, 1.165) is 11.3 Å². The number of hydrogen-bond acceptors (Lipinski definition) is 3. The molecule has 0 spiro atoms. The van der Waals surface area contributed by atoms with Crippen molar-refractivity contribution >= 4 is 0 Å². The maximum Gasteiger partial charge on any atom is 0.119 e. The third-order valence-electron chi connectivity index (χ3n) is 2.75. The Morgan fingerprint density at radius 2 is 1.94 bits per heavy atom. The molecule has 1 atom stereocenters. The van der Waals surface area contributed by atoms with E-state index in [1.165, 1.54) is 0 Å². The molecule has 0 fully saturated rings. The lowest BCUT2D eigenvalue weighted by molar-refractivity contribution is 0.195. The van der Waals surface area contributed by atoms with Crippen LogP contribution in [0.5, 0.6) is 5.75 Å². The summed E-state index contributed by atoms with van der Waals surface area (Å²) in [6.45, 7) is 6.12. The van der Waals surface area contributed by atoms with Crippen molar-refractivity contribution in [1.82, 2.24) is 0 Å². The third-order valence-corrected chi connectivity index (χ3v) is 2.75. The lowest BCUT2D eigenvalue weighted by Gasteiger charge is -2.15. The van der Waals surface area contributed by atoms with Gasteiger partial charge in [-0.1, -0.05) is 12.1 Å². The number of aliphatic hydroxyl groups excluding tert-OH is 1. The zero-order valence-corrected chi connectivity index (χ0v) is 11.3. The largest absolute Gasteiger partial charge is 0.494 e. The van der Waals surface area contributed by atoms with Crippen LogP contribution in [0.25, 0.3) is 0 Å². The molecule has 0 radical (unpaired) electrons. The Hall–Kier alpha value is -1.53. The minimum absolute atomic E-state index is 0.326. The smallest absolute Gasteiger partial charge is 0.119 e. The SMILES string of the molecule is CC(O)Cc1ccc(OCCC(C)(C)C#N)cc1. The molecule has 0 aliphatic heterocycles. The Kier molecular flexibility index (Phi) is 5.18. The van der Waals surface area contributed by atoms with E-state index in [9.17, 15) is 5.11 Å². The van der Waals surface area contributed by atoms with Gasteiger partial charge in [-0.25, -0.2) is 0 Å². The number of aliphatic hydroxyl groups is 1. The Bertz CT molecular complexity index is 401. The molecule has 0 heterocycles. The van der Waals surface area contributed by atoms with Gasteiger partial charge in [0.2, 0.25) is 0 Å². The third kappa shape index (κ3) is 5.20. The monoisotopic (exact) mass is 247 g/mol. The molecule has 0 amide bonds. The highest BCUT2D eigenvalue weighted by atomic mass is 16.5. The second-order valence-electron chi connectivity index (χ2n) is 5.29. The average Bonchev–Trinajstić information content (AvgIpc) is 2.30. The Morgan fingerprint density at radius 1 is 1.33 bits per heavy atom. The minimum Gasteiger partial charge on any atom is -0.494 e. The van der Waals surface area contributed by atoms with E-state index in [1.54, 1.807) is 6.92 Å². The Morgan fingerprint density at radius 3 is 2.44 bits per heavy atom. The molecular weight excluding hydrogens is 226 g/mol. The van der Waals surface area contributed by atoms with Crippen molar-refractivity contribution in [3.8, 4) is 11.8 Å². The van der Waals surface area contributed by atoms with Gasteiger partial charge >= 0.3 is 0 Å². The molecule has 98 valence electrons. The van der Waals surface area contributed by atoms with Gasteiger partial charge in [0.15, 0.2) is 0 Å². The summed E-state index contributed by atoms with van der Waals surface area (Å²) >= 11 is 0. The molecule has 18 heavy (non-hydrogen) atoms. The molecule has 0 saturated carbocycles. The maximum atomic E-state index is 9.27. The molecule has 1 rings (SSSR count). The molecule has 0 aliphatic rings. The lowest BCUT2D eigenvalue weighted by atomic mass is 9.92. The van der Waals surface area contributed by atoms with Gasteiger partial charge in [0.25, 0.3) is 0 Å². The van der Waals surface area contributed by atoms with E-state index in [1.807, 2.05) is 38.1 Å². The van der Waals surface area contributed by atoms with Crippen molar-refractivity contribution < 1.29 is 9.84 Å². The summed E-state index contributed by atoms with van der Waals surface area (Å²) in [4.78, 5) is 0. The molecule has 0 aromatic heterocycles. The molecule has 1 N–H and O–H groups in total. The van der Waals surface area contributed by atoms with Gasteiger partial charge in [-0.3, -0.25) is 0 Å². The van der Waals surface area contributed by atoms with Gasteiger partial charge in [0.1, 0.15) is 5.75 Å². The molecule has 3 nitrogen and oxygen atoms in total. The summed E-state index contributed by atoms with van der Waals surface area (Å²) in [5.41, 5.74) is 0.751. The first-order valence-corrected chi connectivity index (χ1v) is 6.24. The predicted molar refractivity (Wildman–Crippen MR) is 71.3 cm³/mol. The second-order valence-corrected chi connectivity index (χ2v) is 5.29. The van der Waals surface area contributed by atoms with Crippen LogP contribution < -0.4 is 4.74 Å². The van der Waals surface area contributed by atoms with Crippen LogP contribution >= 0.6 is 0 Å². The molecule has 1 aromatic carbocycles. The number of ether oxygens (including phenoxy) is 1. The fourth-order valence-electron chi connectivity index (χ4n) is 1.54. The number of hydrogen-bond donors (Lipinski definition) is 1. The standard InChI is InChI=1S/C15H21NO2/c1-12(17)10-13-4-6-14(7-5-13)18-9-8-15(2,3)11-16/h4-7,12,17H,8-10H2,1-3H3. The van der Waals surface area contributed by atoms with Crippen molar-refractivity contribution in [2.75, 3.05) is 6.61 Å². The van der Waals surface area contributed by atoms with Gasteiger partial charge in [-0.2, -0.15) is 5.26 Å². The zero-order chi connectivity index (χ0) is 13.6. The number of benzene rings is 1. The van der Waals surface area contributed by atoms with E-state index in [0.29, 0.717) is 19.4 Å². The van der Waals surface area contributed by atoms with E-state index in [-0.39, 0.29) is 11.5 Å². The summed E-state index contributed by atoms with van der Waals surface area (Å²) < 4.78 is 5.59. The molecule has 1 aromatic rings. The van der Waals surface area contributed by atoms with Crippen molar-refractivity contribution in [3.05, 3.63) is 29.8 Å². The van der Waals surface area contributed by atoms with Crippen LogP contribution in [-0.4, -0.2) is 17.8 Å². The number of nitrogens with zero attached hydrogens (tertiary/aromatic N) is 1. The molecule has 1 unspecified atom stereocenters. The summed E-state index contributed by atoms with van der Waals surface area (Å²) in [5, 5.41) is 18.2. The molecule has 0 saturated heterocycles. The zero-order valence-electron chi connectivity index (χ0n) is 11.3. The highest BCUT2D eigenvalue weighted by molar-refractivity contribution is 5.27. The first-order valence-electron chi connectivity index (χ1n) is 6.24. The van der Waals surface area contributed by atoms with Crippen LogP contribution in [0, 0.1) is 16.7 Å². The van der Waals surface area contributed by atoms with Crippen LogP contribution in [0.1, 0.15) is 32.8 Å². The van der Waals surface area contributed by atoms with Gasteiger partial charge < -0.3 is 9.84 Å². The quantitative estimate of drug-likeness (QED) is 0.841. The highest BCUT2D eigenvalue weighted by Gasteiger charge is 2.16. The van der Waals surface area contributed by atoms with E-state index >= 15 is 0 Å². The topological polar surface area (TPSA) is 53.2 Å². The van der Waals surface area contributed by atoms with Crippen LogP contribution in [-0.2, 0) is 6.42 Å². The maximum absolute atomic E-state index is 9.27. The minimum atomic E-state index is -0.341. The average molecular weight is 247 g/mol. The van der Waals surface area contributed by atoms with Crippen LogP contribution in [0.4, 0.5) is 0 Å². The van der Waals surface area contributed by atoms with E-state index < -0.39 is 0 Å². The van der Waals surface area contributed by atoms with Crippen LogP contribution in [0.2, 0.25) is 0 Å². The van der Waals surface area contributed by atoms with Gasteiger partial charge in [-0.05, 0) is 51.3 Å². The summed E-state index contributed by atoms with van der Waals surface area (Å²) in [5.74, 6) is 0.804. The first-order chi connectivity index (χ1) is 8.43. The second kappa shape index (κ2) is 6.42. The summed E-state index contributed by atoms with van der Waals surface area (Å²) in [7, 11) is 0. The summed E-state index contributed by atoms with van der Waals surface area (Å²) in [6, 6.07) is 9.96. The predicted octanol–water partition coefficient (Wildman–Crippen LogP) is 2.93. The summed E-state index contributed by atoms with van der Waals surface area (Å²) in [6.07, 6.45) is 1.04. The van der Waals surface area contributed by atoms with Crippen LogP contribution in [0.3, 0.4) is 0 Å². The van der Waals surface area contributed by atoms with Crippen molar-refractivity contribution in [2.24, 2.45) is 5.41 Å². The normalized spacial score (nSPS) is 12.8. The molecular formula is C15H21NO2. The van der Waals surface area contributed by atoms with E-state index in [4.69, 9.17) is 10.00 Å². The highest BCUT2D eigenvalue weighted by Crippen LogP contribution is 2.20. The van der Waals surface area contributed by atoms with Crippen molar-refractivity contribution in [3.63, 3.8) is 0 Å². The lowest BCUT2D eigenvalue weighted by Crippen LogP contribution is -2.13. The molecule has 3 heteroatoms. The van der Waals surface area contributed by atoms with Crippen LogP contribution in [0.15, 0.2) is 24.3 Å². The van der Waals surface area contributed by atoms with E-state index in [2.05, 4.69) is 6.07 Å². The number of nitriles is 1. The van der Waals surface area contributed by atoms with Crippen molar-refractivity contribution in [1.29, 1.82) is 5.26 Å². The molecule has 0 aliphatic carbocycles. The molecule has 0 bridgehead atoms. The fourth-order valence-corrected chi connectivity index (χ4v) is 1.54. The van der Waals surface area contributed by atoms with Crippen molar-refractivity contribution in [2.45, 2.75) is 39.7 Å². The Balaban J connectivity index is 2.43. The number of rotatable bonds is 6. The van der Waals surface area contributed by atoms with Gasteiger partial charge in [-0.15, -0.1) is 0 Å². The Labute approximate surface area is 109 Å². The van der Waals surface area contributed by atoms with Gasteiger partial charge in [0.05, 0.1) is 24.2 Å². The fraction of sp³-hybridized carbons (Fsp3) is 0.533. The first kappa shape index (κ1) is 14.5.